The van der Waals surface area contributed by atoms with Crippen molar-refractivity contribution in [2.45, 2.75) is 11.7 Å². The molecule has 2 heterocycles. The number of rotatable bonds is 6. The van der Waals surface area contributed by atoms with E-state index in [-0.39, 0.29) is 12.2 Å². The lowest BCUT2D eigenvalue weighted by atomic mass is 10.2. The van der Waals surface area contributed by atoms with Gasteiger partial charge in [0.05, 0.1) is 22.7 Å². The number of amides is 3. The molecule has 11 heteroatoms. The second-order valence-corrected chi connectivity index (χ2v) is 7.72. The summed E-state index contributed by atoms with van der Waals surface area (Å²) >= 11 is 4.06. The Morgan fingerprint density at radius 2 is 2.17 bits per heavy atom. The highest BCUT2D eigenvalue weighted by Gasteiger charge is 2.34. The van der Waals surface area contributed by atoms with E-state index in [0.717, 1.165) is 11.8 Å². The topological polar surface area (TPSA) is 127 Å². The number of thioether (sulfide) groups is 1. The van der Waals surface area contributed by atoms with E-state index in [4.69, 9.17) is 4.74 Å². The maximum absolute atomic E-state index is 12.0. The fourth-order valence-corrected chi connectivity index (χ4v) is 3.53. The molecule has 148 valence electrons. The molecular weight excluding hydrogens is 464 g/mol. The van der Waals surface area contributed by atoms with Crippen LogP contribution in [0.5, 0.6) is 5.75 Å². The van der Waals surface area contributed by atoms with Gasteiger partial charge in [-0.25, -0.2) is 5.43 Å². The quantitative estimate of drug-likeness (QED) is 0.283. The number of carbonyl (C=O) groups is 4. The first-order valence-corrected chi connectivity index (χ1v) is 9.85. The highest BCUT2D eigenvalue weighted by atomic mass is 79.9. The number of hydrazone groups is 1. The molecule has 29 heavy (non-hydrogen) atoms. The van der Waals surface area contributed by atoms with Gasteiger partial charge in [-0.1, -0.05) is 11.8 Å². The SMILES string of the molecule is O=C(CC1SC(=O)NC1=O)Oc1ccc(/C=N/NC(=O)c2cccnc2)cc1Br. The molecular formula is C18H13BrN4O5S. The molecule has 2 N–H and O–H groups in total. The van der Waals surface area contributed by atoms with Crippen LogP contribution in [0.3, 0.4) is 0 Å². The van der Waals surface area contributed by atoms with Crippen LogP contribution in [-0.4, -0.2) is 39.5 Å². The number of nitrogens with one attached hydrogen (secondary N) is 2. The molecule has 3 rings (SSSR count). The molecule has 1 aromatic heterocycles. The standard InChI is InChI=1S/C18H13BrN4O5S/c19-12-6-10(8-21-23-16(25)11-2-1-5-20-9-11)3-4-13(12)28-15(24)7-14-17(26)22-18(27)29-14/h1-6,8-9,14H,7H2,(H,23,25)(H,22,26,27)/b21-8+. The van der Waals surface area contributed by atoms with Gasteiger partial charge in [-0.2, -0.15) is 5.10 Å². The zero-order valence-corrected chi connectivity index (χ0v) is 17.0. The summed E-state index contributed by atoms with van der Waals surface area (Å²) in [5.74, 6) is -1.29. The zero-order chi connectivity index (χ0) is 20.8. The molecule has 1 aromatic carbocycles. The van der Waals surface area contributed by atoms with E-state index in [2.05, 4.69) is 36.8 Å². The van der Waals surface area contributed by atoms with Gasteiger partial charge in [-0.05, 0) is 51.8 Å². The molecule has 1 saturated heterocycles. The number of esters is 1. The highest BCUT2D eigenvalue weighted by molar-refractivity contribution is 9.10. The second kappa shape index (κ2) is 9.43. The van der Waals surface area contributed by atoms with Crippen molar-refractivity contribution in [3.05, 3.63) is 58.3 Å². The summed E-state index contributed by atoms with van der Waals surface area (Å²) in [5, 5.41) is 4.72. The first-order valence-electron chi connectivity index (χ1n) is 8.17. The van der Waals surface area contributed by atoms with Crippen molar-refractivity contribution in [3.8, 4) is 5.75 Å². The Kier molecular flexibility index (Phi) is 6.73. The van der Waals surface area contributed by atoms with Gasteiger partial charge in [-0.15, -0.1) is 0 Å². The Labute approximate surface area is 177 Å². The molecule has 0 bridgehead atoms. The van der Waals surface area contributed by atoms with Crippen LogP contribution in [0.2, 0.25) is 0 Å². The van der Waals surface area contributed by atoms with Crippen LogP contribution < -0.4 is 15.5 Å². The highest BCUT2D eigenvalue weighted by Crippen LogP contribution is 2.27. The predicted molar refractivity (Wildman–Crippen MR) is 109 cm³/mol. The summed E-state index contributed by atoms with van der Waals surface area (Å²) in [6.07, 6.45) is 4.19. The molecule has 1 unspecified atom stereocenters. The lowest BCUT2D eigenvalue weighted by Crippen LogP contribution is -2.27. The number of nitrogens with zero attached hydrogens (tertiary/aromatic N) is 2. The van der Waals surface area contributed by atoms with E-state index in [1.165, 1.54) is 12.4 Å². The average Bonchev–Trinajstić information content (AvgIpc) is 3.01. The number of benzene rings is 1. The molecule has 1 aliphatic rings. The van der Waals surface area contributed by atoms with E-state index in [0.29, 0.717) is 15.6 Å². The van der Waals surface area contributed by atoms with Gasteiger partial charge in [0.25, 0.3) is 11.1 Å². The summed E-state index contributed by atoms with van der Waals surface area (Å²) in [5.41, 5.74) is 3.40. The minimum absolute atomic E-state index is 0.224. The fourth-order valence-electron chi connectivity index (χ4n) is 2.25. The third-order valence-electron chi connectivity index (χ3n) is 3.60. The molecule has 9 nitrogen and oxygen atoms in total. The van der Waals surface area contributed by atoms with Gasteiger partial charge in [0.15, 0.2) is 0 Å². The lowest BCUT2D eigenvalue weighted by Gasteiger charge is -2.08. The van der Waals surface area contributed by atoms with Crippen LogP contribution in [0.15, 0.2) is 52.3 Å². The van der Waals surface area contributed by atoms with E-state index in [1.54, 1.807) is 36.5 Å². The number of carbonyl (C=O) groups excluding carboxylic acids is 4. The van der Waals surface area contributed by atoms with Crippen LogP contribution in [0.1, 0.15) is 22.3 Å². The minimum atomic E-state index is -0.788. The number of imide groups is 1. The number of ether oxygens (including phenoxy) is 1. The summed E-state index contributed by atoms with van der Waals surface area (Å²) in [6, 6.07) is 8.07. The molecule has 3 amide bonds. The Morgan fingerprint density at radius 3 is 2.83 bits per heavy atom. The monoisotopic (exact) mass is 476 g/mol. The van der Waals surface area contributed by atoms with Gasteiger partial charge in [-0.3, -0.25) is 29.5 Å². The van der Waals surface area contributed by atoms with Crippen molar-refractivity contribution in [1.29, 1.82) is 0 Å². The number of hydrogen-bond acceptors (Lipinski definition) is 8. The van der Waals surface area contributed by atoms with Gasteiger partial charge < -0.3 is 4.74 Å². The third kappa shape index (κ3) is 5.72. The number of aromatic nitrogens is 1. The first kappa shape index (κ1) is 20.7. The molecule has 1 aliphatic heterocycles. The first-order chi connectivity index (χ1) is 13.9. The van der Waals surface area contributed by atoms with Crippen molar-refractivity contribution >= 4 is 56.9 Å². The van der Waals surface area contributed by atoms with Crippen molar-refractivity contribution in [2.75, 3.05) is 0 Å². The fraction of sp³-hybridized carbons (Fsp3) is 0.111. The van der Waals surface area contributed by atoms with Crippen LogP contribution in [0.25, 0.3) is 0 Å². The second-order valence-electron chi connectivity index (χ2n) is 5.69. The van der Waals surface area contributed by atoms with Gasteiger partial charge in [0.1, 0.15) is 11.0 Å². The zero-order valence-electron chi connectivity index (χ0n) is 14.6. The van der Waals surface area contributed by atoms with Crippen LogP contribution in [0.4, 0.5) is 4.79 Å². The maximum Gasteiger partial charge on any atom is 0.312 e. The molecule has 1 fully saturated rings. The number of halogens is 1. The summed E-state index contributed by atoms with van der Waals surface area (Å²) in [7, 11) is 0. The predicted octanol–water partition coefficient (Wildman–Crippen LogP) is 2.26. The summed E-state index contributed by atoms with van der Waals surface area (Å²) in [4.78, 5) is 50.4. The van der Waals surface area contributed by atoms with E-state index >= 15 is 0 Å². The molecule has 1 atom stereocenters. The van der Waals surface area contributed by atoms with Crippen LogP contribution >= 0.6 is 27.7 Å². The van der Waals surface area contributed by atoms with Gasteiger partial charge in [0, 0.05) is 12.4 Å². The lowest BCUT2D eigenvalue weighted by molar-refractivity contribution is -0.135. The summed E-state index contributed by atoms with van der Waals surface area (Å²) < 4.78 is 5.71. The van der Waals surface area contributed by atoms with E-state index < -0.39 is 28.3 Å². The molecule has 0 saturated carbocycles. The van der Waals surface area contributed by atoms with Gasteiger partial charge in [0.2, 0.25) is 5.91 Å². The smallest absolute Gasteiger partial charge is 0.312 e. The minimum Gasteiger partial charge on any atom is -0.425 e. The Morgan fingerprint density at radius 1 is 1.34 bits per heavy atom. The average molecular weight is 477 g/mol. The van der Waals surface area contributed by atoms with Gasteiger partial charge >= 0.3 is 5.97 Å². The van der Waals surface area contributed by atoms with Crippen molar-refractivity contribution < 1.29 is 23.9 Å². The molecule has 0 spiro atoms. The maximum atomic E-state index is 12.0. The molecule has 2 aromatic rings. The third-order valence-corrected chi connectivity index (χ3v) is 5.20. The number of pyridine rings is 1. The van der Waals surface area contributed by atoms with Crippen molar-refractivity contribution in [3.63, 3.8) is 0 Å². The summed E-state index contributed by atoms with van der Waals surface area (Å²) in [6.45, 7) is 0. The van der Waals surface area contributed by atoms with E-state index in [9.17, 15) is 19.2 Å². The molecule has 0 radical (unpaired) electrons. The largest absolute Gasteiger partial charge is 0.425 e. The van der Waals surface area contributed by atoms with Crippen molar-refractivity contribution in [2.24, 2.45) is 5.10 Å². The van der Waals surface area contributed by atoms with Crippen LogP contribution in [-0.2, 0) is 9.59 Å². The number of hydrogen-bond donors (Lipinski definition) is 2. The normalized spacial score (nSPS) is 16.0. The molecule has 0 aliphatic carbocycles. The van der Waals surface area contributed by atoms with Crippen molar-refractivity contribution in [1.82, 2.24) is 15.7 Å². The van der Waals surface area contributed by atoms with E-state index in [1.807, 2.05) is 0 Å². The Balaban J connectivity index is 1.55. The van der Waals surface area contributed by atoms with Crippen LogP contribution in [0, 0.1) is 0 Å². The Hall–Kier alpha value is -3.05. The Bertz CT molecular complexity index is 999.